The van der Waals surface area contributed by atoms with E-state index in [1.807, 2.05) is 6.92 Å². The molecule has 0 saturated carbocycles. The van der Waals surface area contributed by atoms with Gasteiger partial charge in [0, 0.05) is 32.1 Å². The third-order valence-corrected chi connectivity index (χ3v) is 2.86. The molecule has 0 saturated heterocycles. The van der Waals surface area contributed by atoms with Crippen LogP contribution in [-0.4, -0.2) is 49.5 Å². The monoisotopic (exact) mass is 277 g/mol. The summed E-state index contributed by atoms with van der Waals surface area (Å²) >= 11 is 0. The molecular formula is C12H19N7O. The van der Waals surface area contributed by atoms with Gasteiger partial charge in [0.1, 0.15) is 0 Å². The zero-order valence-electron chi connectivity index (χ0n) is 11.6. The topological polar surface area (TPSA) is 101 Å². The molecule has 108 valence electrons. The van der Waals surface area contributed by atoms with Crippen molar-refractivity contribution >= 4 is 11.9 Å². The second kappa shape index (κ2) is 6.80. The summed E-state index contributed by atoms with van der Waals surface area (Å²) in [6.45, 7) is 2.17. The maximum absolute atomic E-state index is 9.03. The smallest absolute Gasteiger partial charge is 0.257 e. The first-order chi connectivity index (χ1) is 9.76. The summed E-state index contributed by atoms with van der Waals surface area (Å²) in [6, 6.07) is 1.92. The van der Waals surface area contributed by atoms with Crippen LogP contribution in [0, 0.1) is 0 Å². The summed E-state index contributed by atoms with van der Waals surface area (Å²) < 4.78 is 1.57. The molecule has 0 fully saturated rings. The van der Waals surface area contributed by atoms with Crippen molar-refractivity contribution < 1.29 is 5.11 Å². The van der Waals surface area contributed by atoms with Gasteiger partial charge in [-0.1, -0.05) is 6.92 Å². The number of hydrogen-bond donors (Lipinski definition) is 3. The van der Waals surface area contributed by atoms with Crippen LogP contribution in [0.5, 0.6) is 0 Å². The van der Waals surface area contributed by atoms with E-state index in [9.17, 15) is 0 Å². The largest absolute Gasteiger partial charge is 0.396 e. The molecule has 2 heterocycles. The average molecular weight is 277 g/mol. The van der Waals surface area contributed by atoms with Crippen LogP contribution in [0.1, 0.15) is 19.8 Å². The lowest BCUT2D eigenvalue weighted by Gasteiger charge is -2.16. The van der Waals surface area contributed by atoms with E-state index >= 15 is 0 Å². The molecule has 0 bridgehead atoms. The predicted octanol–water partition coefficient (Wildman–Crippen LogP) is 0.672. The van der Waals surface area contributed by atoms with Crippen molar-refractivity contribution in [3.8, 4) is 5.95 Å². The van der Waals surface area contributed by atoms with Crippen LogP contribution >= 0.6 is 0 Å². The zero-order valence-corrected chi connectivity index (χ0v) is 11.6. The third kappa shape index (κ3) is 3.41. The molecule has 8 heteroatoms. The summed E-state index contributed by atoms with van der Waals surface area (Å²) in [6.07, 6.45) is 4.95. The molecular weight excluding hydrogens is 258 g/mol. The maximum atomic E-state index is 9.03. The number of nitrogens with one attached hydrogen (secondary N) is 2. The summed E-state index contributed by atoms with van der Waals surface area (Å²) in [5.74, 6) is 1.37. The Kier molecular flexibility index (Phi) is 4.83. The van der Waals surface area contributed by atoms with Crippen LogP contribution in [0.3, 0.4) is 0 Å². The van der Waals surface area contributed by atoms with Crippen LogP contribution < -0.4 is 10.6 Å². The van der Waals surface area contributed by atoms with Gasteiger partial charge in [-0.2, -0.15) is 20.1 Å². The van der Waals surface area contributed by atoms with E-state index in [4.69, 9.17) is 5.11 Å². The Morgan fingerprint density at radius 3 is 2.70 bits per heavy atom. The van der Waals surface area contributed by atoms with E-state index in [1.165, 1.54) is 0 Å². The molecule has 2 aromatic rings. The van der Waals surface area contributed by atoms with Crippen LogP contribution in [-0.2, 0) is 0 Å². The Hall–Kier alpha value is -2.22. The normalized spacial score (nSPS) is 12.2. The molecule has 0 aliphatic carbocycles. The van der Waals surface area contributed by atoms with Gasteiger partial charge in [-0.25, -0.2) is 4.68 Å². The van der Waals surface area contributed by atoms with Crippen molar-refractivity contribution in [2.45, 2.75) is 25.8 Å². The van der Waals surface area contributed by atoms with E-state index in [1.54, 1.807) is 30.2 Å². The standard InChI is InChI=1S/C12H19N7O/c1-3-9(5-8-20)15-11-16-10(13-2)17-12(18-11)19-7-4-6-14-19/h4,6-7,9,20H,3,5,8H2,1-2H3,(H2,13,15,16,17,18). The first-order valence-corrected chi connectivity index (χ1v) is 6.58. The van der Waals surface area contributed by atoms with Crippen molar-refractivity contribution in [2.24, 2.45) is 0 Å². The van der Waals surface area contributed by atoms with E-state index in [0.29, 0.717) is 24.3 Å². The van der Waals surface area contributed by atoms with Gasteiger partial charge in [0.25, 0.3) is 5.95 Å². The van der Waals surface area contributed by atoms with Gasteiger partial charge < -0.3 is 15.7 Å². The number of rotatable bonds is 7. The van der Waals surface area contributed by atoms with Crippen molar-refractivity contribution in [3.05, 3.63) is 18.5 Å². The fraction of sp³-hybridized carbons (Fsp3) is 0.500. The van der Waals surface area contributed by atoms with E-state index in [-0.39, 0.29) is 12.6 Å². The average Bonchev–Trinajstić information content (AvgIpc) is 3.00. The van der Waals surface area contributed by atoms with Gasteiger partial charge in [-0.3, -0.25) is 0 Å². The molecule has 20 heavy (non-hydrogen) atoms. The SMILES string of the molecule is CCC(CCO)Nc1nc(NC)nc(-n2cccn2)n1. The molecule has 0 aliphatic heterocycles. The number of aromatic nitrogens is 5. The highest BCUT2D eigenvalue weighted by atomic mass is 16.3. The number of aliphatic hydroxyl groups excluding tert-OH is 1. The number of hydrogen-bond acceptors (Lipinski definition) is 7. The highest BCUT2D eigenvalue weighted by Crippen LogP contribution is 2.11. The Bertz CT molecular complexity index is 529. The van der Waals surface area contributed by atoms with Crippen molar-refractivity contribution in [2.75, 3.05) is 24.3 Å². The second-order valence-corrected chi connectivity index (χ2v) is 4.25. The van der Waals surface area contributed by atoms with Gasteiger partial charge >= 0.3 is 0 Å². The van der Waals surface area contributed by atoms with Crippen molar-refractivity contribution in [1.29, 1.82) is 0 Å². The Morgan fingerprint density at radius 1 is 1.30 bits per heavy atom. The van der Waals surface area contributed by atoms with Gasteiger partial charge in [-0.05, 0) is 18.9 Å². The van der Waals surface area contributed by atoms with Crippen LogP contribution in [0.2, 0.25) is 0 Å². The van der Waals surface area contributed by atoms with Gasteiger partial charge in [-0.15, -0.1) is 0 Å². The molecule has 0 spiro atoms. The lowest BCUT2D eigenvalue weighted by Crippen LogP contribution is -2.22. The van der Waals surface area contributed by atoms with Crippen molar-refractivity contribution in [1.82, 2.24) is 24.7 Å². The molecule has 1 atom stereocenters. The van der Waals surface area contributed by atoms with Gasteiger partial charge in [0.15, 0.2) is 0 Å². The fourth-order valence-corrected chi connectivity index (χ4v) is 1.75. The summed E-state index contributed by atoms with van der Waals surface area (Å²) in [5.41, 5.74) is 0. The van der Waals surface area contributed by atoms with Gasteiger partial charge in [0.2, 0.25) is 11.9 Å². The Balaban J connectivity index is 2.26. The van der Waals surface area contributed by atoms with E-state index in [0.717, 1.165) is 6.42 Å². The number of nitrogens with zero attached hydrogens (tertiary/aromatic N) is 5. The Labute approximate surface area is 117 Å². The lowest BCUT2D eigenvalue weighted by atomic mass is 10.2. The molecule has 8 nitrogen and oxygen atoms in total. The van der Waals surface area contributed by atoms with Crippen molar-refractivity contribution in [3.63, 3.8) is 0 Å². The minimum absolute atomic E-state index is 0.123. The molecule has 1 unspecified atom stereocenters. The van der Waals surface area contributed by atoms with Crippen LogP contribution in [0.15, 0.2) is 18.5 Å². The Morgan fingerprint density at radius 2 is 2.10 bits per heavy atom. The third-order valence-electron chi connectivity index (χ3n) is 2.86. The van der Waals surface area contributed by atoms with Gasteiger partial charge in [0.05, 0.1) is 0 Å². The molecule has 0 radical (unpaired) electrons. The predicted molar refractivity (Wildman–Crippen MR) is 75.9 cm³/mol. The van der Waals surface area contributed by atoms with E-state index in [2.05, 4.69) is 30.7 Å². The fourth-order valence-electron chi connectivity index (χ4n) is 1.75. The summed E-state index contributed by atoms with van der Waals surface area (Å²) in [5, 5.41) is 19.2. The first-order valence-electron chi connectivity index (χ1n) is 6.58. The summed E-state index contributed by atoms with van der Waals surface area (Å²) in [7, 11) is 1.75. The number of anilines is 2. The molecule has 2 aromatic heterocycles. The lowest BCUT2D eigenvalue weighted by molar-refractivity contribution is 0.278. The van der Waals surface area contributed by atoms with E-state index < -0.39 is 0 Å². The van der Waals surface area contributed by atoms with Crippen LogP contribution in [0.25, 0.3) is 5.95 Å². The highest BCUT2D eigenvalue weighted by molar-refractivity contribution is 5.37. The molecule has 0 amide bonds. The summed E-state index contributed by atoms with van der Waals surface area (Å²) in [4.78, 5) is 12.9. The quantitative estimate of drug-likeness (QED) is 0.683. The second-order valence-electron chi connectivity index (χ2n) is 4.25. The minimum Gasteiger partial charge on any atom is -0.396 e. The number of aliphatic hydroxyl groups is 1. The highest BCUT2D eigenvalue weighted by Gasteiger charge is 2.11. The molecule has 2 rings (SSSR count). The molecule has 0 aromatic carbocycles. The maximum Gasteiger partial charge on any atom is 0.257 e. The minimum atomic E-state index is 0.123. The zero-order chi connectivity index (χ0) is 14.4. The molecule has 3 N–H and O–H groups in total. The molecule has 0 aliphatic rings. The van der Waals surface area contributed by atoms with Crippen LogP contribution in [0.4, 0.5) is 11.9 Å². The first kappa shape index (κ1) is 14.2.